The SMILES string of the molecule is C[SiH](C)C1(C(=O)C=CCO)CCCCO1. The minimum absolute atomic E-state index is 0.0536. The van der Waals surface area contributed by atoms with E-state index in [1.807, 2.05) is 0 Å². The fraction of sp³-hybridized carbons (Fsp3) is 0.727. The molecule has 3 nitrogen and oxygen atoms in total. The van der Waals surface area contributed by atoms with Gasteiger partial charge in [-0.15, -0.1) is 0 Å². The molecule has 0 amide bonds. The third-order valence-electron chi connectivity index (χ3n) is 3.03. The third-order valence-corrected chi connectivity index (χ3v) is 5.63. The molecule has 0 bridgehead atoms. The third kappa shape index (κ3) is 2.77. The zero-order valence-electron chi connectivity index (χ0n) is 9.53. The number of aliphatic hydroxyl groups excluding tert-OH is 1. The zero-order chi connectivity index (χ0) is 11.3. The van der Waals surface area contributed by atoms with E-state index in [-0.39, 0.29) is 12.4 Å². The van der Waals surface area contributed by atoms with E-state index in [1.54, 1.807) is 0 Å². The number of ether oxygens (including phenoxy) is 1. The van der Waals surface area contributed by atoms with Gasteiger partial charge >= 0.3 is 0 Å². The highest BCUT2D eigenvalue weighted by atomic mass is 28.3. The Kier molecular flexibility index (Phi) is 4.69. The summed E-state index contributed by atoms with van der Waals surface area (Å²) in [6, 6.07) is 0. The highest BCUT2D eigenvalue weighted by Gasteiger charge is 2.42. The first-order valence-corrected chi connectivity index (χ1v) is 8.48. The van der Waals surface area contributed by atoms with E-state index < -0.39 is 14.0 Å². The van der Waals surface area contributed by atoms with Gasteiger partial charge in [-0.25, -0.2) is 0 Å². The van der Waals surface area contributed by atoms with E-state index >= 15 is 0 Å². The zero-order valence-corrected chi connectivity index (χ0v) is 10.7. The van der Waals surface area contributed by atoms with Gasteiger partial charge in [0.25, 0.3) is 0 Å². The van der Waals surface area contributed by atoms with Crippen molar-refractivity contribution >= 4 is 14.6 Å². The summed E-state index contributed by atoms with van der Waals surface area (Å²) in [5.74, 6) is 0.0536. The molecule has 1 unspecified atom stereocenters. The van der Waals surface area contributed by atoms with Gasteiger partial charge in [0, 0.05) is 6.61 Å². The standard InChI is InChI=1S/C11H20O3Si/c1-15(2)11(7-3-4-9-14-11)10(13)6-5-8-12/h5-6,12,15H,3-4,7-9H2,1-2H3. The number of hydrogen-bond acceptors (Lipinski definition) is 3. The minimum Gasteiger partial charge on any atom is -0.392 e. The van der Waals surface area contributed by atoms with Crippen LogP contribution >= 0.6 is 0 Å². The molecular weight excluding hydrogens is 208 g/mol. The van der Waals surface area contributed by atoms with Gasteiger partial charge < -0.3 is 9.84 Å². The first kappa shape index (κ1) is 12.6. The largest absolute Gasteiger partial charge is 0.392 e. The molecule has 1 rings (SSSR count). The van der Waals surface area contributed by atoms with Crippen LogP contribution in [-0.2, 0) is 9.53 Å². The molecule has 0 saturated carbocycles. The van der Waals surface area contributed by atoms with Crippen LogP contribution in [0.15, 0.2) is 12.2 Å². The Morgan fingerprint density at radius 3 is 2.73 bits per heavy atom. The second kappa shape index (κ2) is 5.58. The molecule has 0 aliphatic carbocycles. The Morgan fingerprint density at radius 2 is 2.27 bits per heavy atom. The summed E-state index contributed by atoms with van der Waals surface area (Å²) < 4.78 is 5.77. The van der Waals surface area contributed by atoms with Crippen molar-refractivity contribution in [1.82, 2.24) is 0 Å². The second-order valence-corrected chi connectivity index (χ2v) is 7.54. The van der Waals surface area contributed by atoms with Crippen LogP contribution in [0.2, 0.25) is 13.1 Å². The van der Waals surface area contributed by atoms with Crippen LogP contribution in [0.1, 0.15) is 19.3 Å². The van der Waals surface area contributed by atoms with E-state index in [0.717, 1.165) is 19.3 Å². The van der Waals surface area contributed by atoms with Gasteiger partial charge in [0.05, 0.1) is 15.4 Å². The fourth-order valence-electron chi connectivity index (χ4n) is 2.05. The summed E-state index contributed by atoms with van der Waals surface area (Å²) in [7, 11) is -1.19. The maximum absolute atomic E-state index is 12.0. The molecule has 0 aromatic rings. The van der Waals surface area contributed by atoms with E-state index in [4.69, 9.17) is 9.84 Å². The topological polar surface area (TPSA) is 46.5 Å². The molecule has 15 heavy (non-hydrogen) atoms. The molecule has 0 spiro atoms. The molecule has 0 radical (unpaired) electrons. The first-order chi connectivity index (χ1) is 7.13. The molecule has 86 valence electrons. The van der Waals surface area contributed by atoms with Crippen LogP contribution in [0.3, 0.4) is 0 Å². The lowest BCUT2D eigenvalue weighted by Gasteiger charge is -2.38. The summed E-state index contributed by atoms with van der Waals surface area (Å²) in [4.78, 5) is 12.0. The molecule has 1 heterocycles. The summed E-state index contributed by atoms with van der Waals surface area (Å²) >= 11 is 0. The van der Waals surface area contributed by atoms with Crippen molar-refractivity contribution in [1.29, 1.82) is 0 Å². The van der Waals surface area contributed by atoms with Gasteiger partial charge in [-0.05, 0) is 25.3 Å². The Balaban J connectivity index is 2.80. The monoisotopic (exact) mass is 228 g/mol. The van der Waals surface area contributed by atoms with Crippen molar-refractivity contribution in [2.75, 3.05) is 13.2 Å². The van der Waals surface area contributed by atoms with Crippen LogP contribution in [0.25, 0.3) is 0 Å². The predicted molar refractivity (Wildman–Crippen MR) is 62.6 cm³/mol. The highest BCUT2D eigenvalue weighted by molar-refractivity contribution is 6.64. The van der Waals surface area contributed by atoms with Gasteiger partial charge in [0.15, 0.2) is 5.78 Å². The van der Waals surface area contributed by atoms with E-state index in [2.05, 4.69) is 13.1 Å². The summed E-state index contributed by atoms with van der Waals surface area (Å²) in [6.45, 7) is 4.91. The maximum Gasteiger partial charge on any atom is 0.183 e. The van der Waals surface area contributed by atoms with Crippen molar-refractivity contribution in [3.63, 3.8) is 0 Å². The van der Waals surface area contributed by atoms with Crippen LogP contribution < -0.4 is 0 Å². The van der Waals surface area contributed by atoms with Crippen LogP contribution in [-0.4, -0.2) is 38.1 Å². The van der Waals surface area contributed by atoms with Gasteiger partial charge in [0.2, 0.25) is 0 Å². The normalized spacial score (nSPS) is 27.5. The Morgan fingerprint density at radius 1 is 1.53 bits per heavy atom. The summed E-state index contributed by atoms with van der Waals surface area (Å²) in [6.07, 6.45) is 5.96. The molecule has 1 fully saturated rings. The van der Waals surface area contributed by atoms with Crippen molar-refractivity contribution < 1.29 is 14.6 Å². The fourth-order valence-corrected chi connectivity index (χ4v) is 3.95. The second-order valence-electron chi connectivity index (χ2n) is 4.30. The lowest BCUT2D eigenvalue weighted by atomic mass is 10.0. The van der Waals surface area contributed by atoms with Crippen LogP contribution in [0.5, 0.6) is 0 Å². The smallest absolute Gasteiger partial charge is 0.183 e. The summed E-state index contributed by atoms with van der Waals surface area (Å²) in [5.41, 5.74) is 0. The molecule has 0 aromatic carbocycles. The quantitative estimate of drug-likeness (QED) is 0.578. The van der Waals surface area contributed by atoms with Gasteiger partial charge in [-0.1, -0.05) is 19.2 Å². The molecule has 1 atom stereocenters. The van der Waals surface area contributed by atoms with Gasteiger partial charge in [-0.3, -0.25) is 4.79 Å². The molecule has 4 heteroatoms. The van der Waals surface area contributed by atoms with Gasteiger partial charge in [0.1, 0.15) is 5.22 Å². The van der Waals surface area contributed by atoms with E-state index in [9.17, 15) is 4.79 Å². The minimum atomic E-state index is -1.19. The molecule has 1 N–H and O–H groups in total. The maximum atomic E-state index is 12.0. The van der Waals surface area contributed by atoms with Crippen molar-refractivity contribution in [3.05, 3.63) is 12.2 Å². The Labute approximate surface area is 92.7 Å². The number of aliphatic hydroxyl groups is 1. The average Bonchev–Trinajstić information content (AvgIpc) is 2.26. The highest BCUT2D eigenvalue weighted by Crippen LogP contribution is 2.29. The number of hydrogen-bond donors (Lipinski definition) is 1. The van der Waals surface area contributed by atoms with Crippen molar-refractivity contribution in [2.24, 2.45) is 0 Å². The van der Waals surface area contributed by atoms with Crippen LogP contribution in [0.4, 0.5) is 0 Å². The first-order valence-electron chi connectivity index (χ1n) is 5.59. The Bertz CT molecular complexity index is 242. The average molecular weight is 228 g/mol. The lowest BCUT2D eigenvalue weighted by Crippen LogP contribution is -2.53. The molecule has 1 aliphatic heterocycles. The van der Waals surface area contributed by atoms with E-state index in [0.29, 0.717) is 6.61 Å². The van der Waals surface area contributed by atoms with Crippen molar-refractivity contribution in [3.8, 4) is 0 Å². The number of ketones is 1. The molecule has 1 aliphatic rings. The van der Waals surface area contributed by atoms with Crippen molar-refractivity contribution in [2.45, 2.75) is 37.6 Å². The number of carbonyl (C=O) groups is 1. The lowest BCUT2D eigenvalue weighted by molar-refractivity contribution is -0.134. The number of rotatable bonds is 4. The molecule has 0 aromatic heterocycles. The predicted octanol–water partition coefficient (Wildman–Crippen LogP) is 1.07. The van der Waals surface area contributed by atoms with Crippen LogP contribution in [0, 0.1) is 0 Å². The molecule has 1 saturated heterocycles. The summed E-state index contributed by atoms with van der Waals surface area (Å²) in [5, 5.41) is 8.16. The van der Waals surface area contributed by atoms with Gasteiger partial charge in [-0.2, -0.15) is 0 Å². The molecular formula is C11H20O3Si. The van der Waals surface area contributed by atoms with E-state index in [1.165, 1.54) is 12.2 Å². The number of carbonyl (C=O) groups excluding carboxylic acids is 1. The Hall–Kier alpha value is -0.453.